The molecular weight excluding hydrogens is 324 g/mol. The van der Waals surface area contributed by atoms with E-state index in [1.165, 1.54) is 12.1 Å². The van der Waals surface area contributed by atoms with E-state index in [0.717, 1.165) is 0 Å². The number of phenols is 1. The second kappa shape index (κ2) is 9.05. The first-order valence-electron chi connectivity index (χ1n) is 8.53. The molecule has 0 aliphatic carbocycles. The van der Waals surface area contributed by atoms with Gasteiger partial charge in [0, 0.05) is 31.1 Å². The minimum atomic E-state index is -0.371. The Morgan fingerprint density at radius 3 is 2.60 bits per heavy atom. The summed E-state index contributed by atoms with van der Waals surface area (Å²) in [4.78, 5) is 37.2. The topological polar surface area (TPSA) is 95.9 Å². The van der Waals surface area contributed by atoms with Crippen molar-refractivity contribution in [3.63, 3.8) is 0 Å². The number of rotatable bonds is 6. The summed E-state index contributed by atoms with van der Waals surface area (Å²) in [5.74, 6) is -0.604. The molecule has 0 unspecified atom stereocenters. The molecule has 7 heteroatoms. The van der Waals surface area contributed by atoms with E-state index in [4.69, 9.17) is 4.74 Å². The number of carbonyl (C=O) groups excluding carboxylic acids is 3. The molecule has 2 N–H and O–H groups in total. The molecule has 2 rings (SSSR count). The normalized spacial score (nSPS) is 14.8. The van der Waals surface area contributed by atoms with Gasteiger partial charge in [-0.3, -0.25) is 14.4 Å². The highest BCUT2D eigenvalue weighted by molar-refractivity contribution is 5.94. The molecule has 0 atom stereocenters. The van der Waals surface area contributed by atoms with Gasteiger partial charge in [0.1, 0.15) is 5.75 Å². The third-order valence-corrected chi connectivity index (χ3v) is 4.10. The fourth-order valence-corrected chi connectivity index (χ4v) is 2.80. The summed E-state index contributed by atoms with van der Waals surface area (Å²) >= 11 is 0. The van der Waals surface area contributed by atoms with Crippen molar-refractivity contribution in [1.82, 2.24) is 10.2 Å². The van der Waals surface area contributed by atoms with E-state index in [0.29, 0.717) is 38.1 Å². The molecule has 1 aromatic carbocycles. The van der Waals surface area contributed by atoms with Gasteiger partial charge in [-0.25, -0.2) is 0 Å². The second-order valence-electron chi connectivity index (χ2n) is 5.99. The lowest BCUT2D eigenvalue weighted by molar-refractivity contribution is -0.144. The molecule has 2 amide bonds. The maximum absolute atomic E-state index is 12.4. The highest BCUT2D eigenvalue weighted by Gasteiger charge is 2.24. The first-order chi connectivity index (χ1) is 12.0. The van der Waals surface area contributed by atoms with Gasteiger partial charge >= 0.3 is 5.97 Å². The van der Waals surface area contributed by atoms with Crippen LogP contribution in [0.5, 0.6) is 5.75 Å². The standard InChI is InChI=1S/C18H24N2O5/c1-2-25-17(23)7-6-16(22)19-14-8-10-20(11-9-14)18(24)13-4-3-5-15(21)12-13/h3-5,12,14,21H,2,6-11H2,1H3,(H,19,22). The number of carbonyl (C=O) groups is 3. The number of esters is 1. The van der Waals surface area contributed by atoms with Crippen LogP contribution in [0.25, 0.3) is 0 Å². The Morgan fingerprint density at radius 1 is 1.24 bits per heavy atom. The predicted octanol–water partition coefficient (Wildman–Crippen LogP) is 1.46. The molecule has 136 valence electrons. The van der Waals surface area contributed by atoms with Gasteiger partial charge in [-0.15, -0.1) is 0 Å². The minimum absolute atomic E-state index is 0.00271. The number of piperidine rings is 1. The average molecular weight is 348 g/mol. The quantitative estimate of drug-likeness (QED) is 0.759. The summed E-state index contributed by atoms with van der Waals surface area (Å²) in [6.45, 7) is 3.12. The first-order valence-corrected chi connectivity index (χ1v) is 8.53. The highest BCUT2D eigenvalue weighted by atomic mass is 16.5. The monoisotopic (exact) mass is 348 g/mol. The smallest absolute Gasteiger partial charge is 0.306 e. The van der Waals surface area contributed by atoms with Gasteiger partial charge in [0.25, 0.3) is 5.91 Å². The molecule has 1 aliphatic heterocycles. The zero-order chi connectivity index (χ0) is 18.2. The van der Waals surface area contributed by atoms with E-state index in [-0.39, 0.29) is 42.4 Å². The lowest BCUT2D eigenvalue weighted by atomic mass is 10.0. The van der Waals surface area contributed by atoms with Gasteiger partial charge in [-0.05, 0) is 38.0 Å². The van der Waals surface area contributed by atoms with Gasteiger partial charge in [0.05, 0.1) is 13.0 Å². The first kappa shape index (κ1) is 18.8. The van der Waals surface area contributed by atoms with E-state index in [1.54, 1.807) is 24.0 Å². The Kier molecular flexibility index (Phi) is 6.80. The molecule has 0 radical (unpaired) electrons. The number of hydrogen-bond donors (Lipinski definition) is 2. The number of nitrogens with zero attached hydrogens (tertiary/aromatic N) is 1. The molecule has 7 nitrogen and oxygen atoms in total. The number of benzene rings is 1. The zero-order valence-electron chi connectivity index (χ0n) is 14.4. The summed E-state index contributed by atoms with van der Waals surface area (Å²) < 4.78 is 4.79. The zero-order valence-corrected chi connectivity index (χ0v) is 14.4. The van der Waals surface area contributed by atoms with Crippen molar-refractivity contribution in [1.29, 1.82) is 0 Å². The van der Waals surface area contributed by atoms with Crippen LogP contribution in [-0.4, -0.2) is 53.5 Å². The van der Waals surface area contributed by atoms with Crippen molar-refractivity contribution in [3.8, 4) is 5.75 Å². The number of amides is 2. The average Bonchev–Trinajstić information content (AvgIpc) is 2.60. The lowest BCUT2D eigenvalue weighted by Crippen LogP contribution is -2.46. The molecule has 25 heavy (non-hydrogen) atoms. The van der Waals surface area contributed by atoms with E-state index in [2.05, 4.69) is 5.32 Å². The van der Waals surface area contributed by atoms with Gasteiger partial charge in [0.2, 0.25) is 5.91 Å². The van der Waals surface area contributed by atoms with Crippen LogP contribution < -0.4 is 5.32 Å². The maximum Gasteiger partial charge on any atom is 0.306 e. The fourth-order valence-electron chi connectivity index (χ4n) is 2.80. The molecular formula is C18H24N2O5. The molecule has 1 heterocycles. The molecule has 1 aromatic rings. The summed E-state index contributed by atoms with van der Waals surface area (Å²) in [6, 6.07) is 6.29. The number of aromatic hydroxyl groups is 1. The molecule has 0 saturated carbocycles. The Bertz CT molecular complexity index is 624. The Hall–Kier alpha value is -2.57. The SMILES string of the molecule is CCOC(=O)CCC(=O)NC1CCN(C(=O)c2cccc(O)c2)CC1. The van der Waals surface area contributed by atoms with Gasteiger partial charge in [-0.2, -0.15) is 0 Å². The number of likely N-dealkylation sites (tertiary alicyclic amines) is 1. The molecule has 1 aliphatic rings. The van der Waals surface area contributed by atoms with Crippen molar-refractivity contribution in [2.75, 3.05) is 19.7 Å². The maximum atomic E-state index is 12.4. The van der Waals surface area contributed by atoms with Crippen LogP contribution in [0.15, 0.2) is 24.3 Å². The van der Waals surface area contributed by atoms with Crippen molar-refractivity contribution in [3.05, 3.63) is 29.8 Å². The van der Waals surface area contributed by atoms with Crippen molar-refractivity contribution in [2.45, 2.75) is 38.6 Å². The number of ether oxygens (including phenoxy) is 1. The fraction of sp³-hybridized carbons (Fsp3) is 0.500. The van der Waals surface area contributed by atoms with Gasteiger partial charge in [0.15, 0.2) is 0 Å². The third kappa shape index (κ3) is 5.77. The van der Waals surface area contributed by atoms with Crippen LogP contribution in [0, 0.1) is 0 Å². The summed E-state index contributed by atoms with van der Waals surface area (Å²) in [7, 11) is 0. The molecule has 1 saturated heterocycles. The Labute approximate surface area is 147 Å². The number of nitrogens with one attached hydrogen (secondary N) is 1. The van der Waals surface area contributed by atoms with Crippen molar-refractivity contribution >= 4 is 17.8 Å². The number of hydrogen-bond acceptors (Lipinski definition) is 5. The summed E-state index contributed by atoms with van der Waals surface area (Å²) in [6.07, 6.45) is 1.52. The summed E-state index contributed by atoms with van der Waals surface area (Å²) in [5, 5.41) is 12.4. The van der Waals surface area contributed by atoms with Crippen LogP contribution in [0.1, 0.15) is 43.0 Å². The Morgan fingerprint density at radius 2 is 1.96 bits per heavy atom. The van der Waals surface area contributed by atoms with Crippen LogP contribution in [0.2, 0.25) is 0 Å². The lowest BCUT2D eigenvalue weighted by Gasteiger charge is -2.32. The Balaban J connectivity index is 1.75. The largest absolute Gasteiger partial charge is 0.508 e. The third-order valence-electron chi connectivity index (χ3n) is 4.10. The van der Waals surface area contributed by atoms with Gasteiger partial charge < -0.3 is 20.1 Å². The highest BCUT2D eigenvalue weighted by Crippen LogP contribution is 2.17. The van der Waals surface area contributed by atoms with Crippen LogP contribution in [0.4, 0.5) is 0 Å². The second-order valence-corrected chi connectivity index (χ2v) is 5.99. The van der Waals surface area contributed by atoms with Crippen LogP contribution in [0.3, 0.4) is 0 Å². The van der Waals surface area contributed by atoms with Gasteiger partial charge in [-0.1, -0.05) is 6.07 Å². The minimum Gasteiger partial charge on any atom is -0.508 e. The molecule has 0 aromatic heterocycles. The summed E-state index contributed by atoms with van der Waals surface area (Å²) in [5.41, 5.74) is 0.455. The van der Waals surface area contributed by atoms with Crippen LogP contribution in [-0.2, 0) is 14.3 Å². The van der Waals surface area contributed by atoms with E-state index in [1.807, 2.05) is 0 Å². The van der Waals surface area contributed by atoms with E-state index < -0.39 is 0 Å². The molecule has 0 spiro atoms. The molecule has 1 fully saturated rings. The predicted molar refractivity (Wildman–Crippen MR) is 91.0 cm³/mol. The molecule has 0 bridgehead atoms. The van der Waals surface area contributed by atoms with Crippen molar-refractivity contribution < 1.29 is 24.2 Å². The van der Waals surface area contributed by atoms with E-state index >= 15 is 0 Å². The van der Waals surface area contributed by atoms with Crippen LogP contribution >= 0.6 is 0 Å². The van der Waals surface area contributed by atoms with E-state index in [9.17, 15) is 19.5 Å². The number of phenolic OH excluding ortho intramolecular Hbond substituents is 1. The van der Waals surface area contributed by atoms with Crippen molar-refractivity contribution in [2.24, 2.45) is 0 Å².